The number of ether oxygens (including phenoxy) is 1. The number of aliphatic imine (C=N–C) groups is 1. The molecule has 0 saturated heterocycles. The first kappa shape index (κ1) is 18.8. The molecular formula is C17H28N4O2. The molecule has 0 radical (unpaired) electrons. The predicted octanol–water partition coefficient (Wildman–Crippen LogP) is 1.66. The summed E-state index contributed by atoms with van der Waals surface area (Å²) in [6.07, 6.45) is 0. The number of carbonyl (C=O) groups excluding carboxylic acids is 1. The van der Waals surface area contributed by atoms with Crippen LogP contribution in [0.2, 0.25) is 0 Å². The Kier molecular flexibility index (Phi) is 8.57. The maximum absolute atomic E-state index is 11.4. The van der Waals surface area contributed by atoms with Crippen molar-refractivity contribution in [2.75, 3.05) is 19.7 Å². The predicted molar refractivity (Wildman–Crippen MR) is 93.7 cm³/mol. The number of rotatable bonds is 8. The molecule has 0 atom stereocenters. The minimum absolute atomic E-state index is 0.0259. The van der Waals surface area contributed by atoms with Crippen LogP contribution in [0.5, 0.6) is 5.75 Å². The van der Waals surface area contributed by atoms with E-state index in [4.69, 9.17) is 4.74 Å². The Morgan fingerprint density at radius 2 is 1.96 bits per heavy atom. The third kappa shape index (κ3) is 8.09. The molecular weight excluding hydrogens is 292 g/mol. The highest BCUT2D eigenvalue weighted by Gasteiger charge is 2.03. The van der Waals surface area contributed by atoms with Gasteiger partial charge in [-0.15, -0.1) is 0 Å². The number of guanidine groups is 1. The van der Waals surface area contributed by atoms with E-state index in [1.54, 1.807) is 0 Å². The summed E-state index contributed by atoms with van der Waals surface area (Å²) in [5.74, 6) is 1.34. The second-order valence-corrected chi connectivity index (χ2v) is 5.38. The first-order valence-corrected chi connectivity index (χ1v) is 8.08. The van der Waals surface area contributed by atoms with Crippen LogP contribution in [0.4, 0.5) is 0 Å². The molecule has 1 rings (SSSR count). The fourth-order valence-corrected chi connectivity index (χ4v) is 1.89. The lowest BCUT2D eigenvalue weighted by molar-refractivity contribution is -0.122. The number of hydrogen-bond acceptors (Lipinski definition) is 3. The SMILES string of the molecule is CCNC(=O)COc1cccc(CN=C(NCC)NC(C)C)c1. The Balaban J connectivity index is 2.63. The van der Waals surface area contributed by atoms with Gasteiger partial charge in [0.25, 0.3) is 5.91 Å². The van der Waals surface area contributed by atoms with Crippen LogP contribution in [0, 0.1) is 0 Å². The molecule has 6 nitrogen and oxygen atoms in total. The number of benzene rings is 1. The highest BCUT2D eigenvalue weighted by Crippen LogP contribution is 2.14. The molecule has 0 aliphatic rings. The molecule has 0 fully saturated rings. The Bertz CT molecular complexity index is 515. The van der Waals surface area contributed by atoms with Crippen LogP contribution in [0.25, 0.3) is 0 Å². The van der Waals surface area contributed by atoms with Gasteiger partial charge in [-0.25, -0.2) is 4.99 Å². The van der Waals surface area contributed by atoms with E-state index in [2.05, 4.69) is 34.8 Å². The Morgan fingerprint density at radius 3 is 2.61 bits per heavy atom. The van der Waals surface area contributed by atoms with Gasteiger partial charge in [0.2, 0.25) is 0 Å². The molecule has 0 aliphatic carbocycles. The average Bonchev–Trinajstić information content (AvgIpc) is 2.51. The zero-order valence-electron chi connectivity index (χ0n) is 14.5. The maximum atomic E-state index is 11.4. The third-order valence-corrected chi connectivity index (χ3v) is 2.83. The summed E-state index contributed by atoms with van der Waals surface area (Å²) >= 11 is 0. The van der Waals surface area contributed by atoms with E-state index >= 15 is 0 Å². The van der Waals surface area contributed by atoms with Gasteiger partial charge in [-0.05, 0) is 45.4 Å². The second kappa shape index (κ2) is 10.5. The topological polar surface area (TPSA) is 74.8 Å². The smallest absolute Gasteiger partial charge is 0.257 e. The molecule has 0 unspecified atom stereocenters. The highest BCUT2D eigenvalue weighted by atomic mass is 16.5. The van der Waals surface area contributed by atoms with Crippen molar-refractivity contribution < 1.29 is 9.53 Å². The number of likely N-dealkylation sites (N-methyl/N-ethyl adjacent to an activating group) is 1. The van der Waals surface area contributed by atoms with Crippen LogP contribution in [0.1, 0.15) is 33.3 Å². The molecule has 0 heterocycles. The van der Waals surface area contributed by atoms with Crippen molar-refractivity contribution in [2.24, 2.45) is 4.99 Å². The Hall–Kier alpha value is -2.24. The molecule has 0 aromatic heterocycles. The van der Waals surface area contributed by atoms with E-state index in [1.165, 1.54) is 0 Å². The monoisotopic (exact) mass is 320 g/mol. The van der Waals surface area contributed by atoms with Crippen molar-refractivity contribution in [3.63, 3.8) is 0 Å². The van der Waals surface area contributed by atoms with Crippen LogP contribution in [0.15, 0.2) is 29.3 Å². The quantitative estimate of drug-likeness (QED) is 0.503. The lowest BCUT2D eigenvalue weighted by Crippen LogP contribution is -2.40. The van der Waals surface area contributed by atoms with Crippen LogP contribution >= 0.6 is 0 Å². The summed E-state index contributed by atoms with van der Waals surface area (Å²) in [7, 11) is 0. The summed E-state index contributed by atoms with van der Waals surface area (Å²) in [6, 6.07) is 7.95. The van der Waals surface area contributed by atoms with E-state index in [0.717, 1.165) is 18.1 Å². The van der Waals surface area contributed by atoms with Gasteiger partial charge in [-0.1, -0.05) is 12.1 Å². The summed E-state index contributed by atoms with van der Waals surface area (Å²) < 4.78 is 5.49. The zero-order valence-corrected chi connectivity index (χ0v) is 14.5. The van der Waals surface area contributed by atoms with E-state index in [1.807, 2.05) is 38.1 Å². The van der Waals surface area contributed by atoms with Gasteiger partial charge in [0, 0.05) is 19.1 Å². The summed E-state index contributed by atoms with van der Waals surface area (Å²) in [6.45, 7) is 10.0. The minimum atomic E-state index is -0.119. The van der Waals surface area contributed by atoms with E-state index in [0.29, 0.717) is 24.9 Å². The molecule has 0 saturated carbocycles. The molecule has 1 aromatic carbocycles. The standard InChI is InChI=1S/C17H28N4O2/c1-5-18-16(22)12-23-15-9-7-8-14(10-15)11-20-17(19-6-2)21-13(3)4/h7-10,13H,5-6,11-12H2,1-4H3,(H,18,22)(H2,19,20,21). The minimum Gasteiger partial charge on any atom is -0.484 e. The van der Waals surface area contributed by atoms with Crippen molar-refractivity contribution in [1.29, 1.82) is 0 Å². The fraction of sp³-hybridized carbons (Fsp3) is 0.529. The lowest BCUT2D eigenvalue weighted by Gasteiger charge is -2.14. The lowest BCUT2D eigenvalue weighted by atomic mass is 10.2. The molecule has 1 amide bonds. The molecule has 0 aliphatic heterocycles. The molecule has 3 N–H and O–H groups in total. The van der Waals surface area contributed by atoms with Crippen LogP contribution in [0.3, 0.4) is 0 Å². The van der Waals surface area contributed by atoms with Gasteiger partial charge < -0.3 is 20.7 Å². The highest BCUT2D eigenvalue weighted by molar-refractivity contribution is 5.80. The van der Waals surface area contributed by atoms with E-state index in [9.17, 15) is 4.79 Å². The molecule has 0 spiro atoms. The first-order chi connectivity index (χ1) is 11.0. The Morgan fingerprint density at radius 1 is 1.22 bits per heavy atom. The number of hydrogen-bond donors (Lipinski definition) is 3. The fourth-order valence-electron chi connectivity index (χ4n) is 1.89. The van der Waals surface area contributed by atoms with Crippen LogP contribution < -0.4 is 20.7 Å². The maximum Gasteiger partial charge on any atom is 0.257 e. The Labute approximate surface area is 138 Å². The number of nitrogens with one attached hydrogen (secondary N) is 3. The first-order valence-electron chi connectivity index (χ1n) is 8.08. The van der Waals surface area contributed by atoms with Crippen molar-refractivity contribution in [3.8, 4) is 5.75 Å². The van der Waals surface area contributed by atoms with Gasteiger partial charge in [-0.2, -0.15) is 0 Å². The zero-order chi connectivity index (χ0) is 17.1. The second-order valence-electron chi connectivity index (χ2n) is 5.38. The van der Waals surface area contributed by atoms with Crippen molar-refractivity contribution >= 4 is 11.9 Å². The summed E-state index contributed by atoms with van der Waals surface area (Å²) in [5.41, 5.74) is 1.03. The molecule has 0 bridgehead atoms. The molecule has 128 valence electrons. The van der Waals surface area contributed by atoms with Crippen LogP contribution in [-0.2, 0) is 11.3 Å². The van der Waals surface area contributed by atoms with Gasteiger partial charge >= 0.3 is 0 Å². The van der Waals surface area contributed by atoms with Gasteiger partial charge in [-0.3, -0.25) is 4.79 Å². The van der Waals surface area contributed by atoms with Gasteiger partial charge in [0.15, 0.2) is 12.6 Å². The number of amides is 1. The third-order valence-electron chi connectivity index (χ3n) is 2.83. The molecule has 6 heteroatoms. The van der Waals surface area contributed by atoms with Crippen LogP contribution in [-0.4, -0.2) is 37.6 Å². The van der Waals surface area contributed by atoms with E-state index < -0.39 is 0 Å². The van der Waals surface area contributed by atoms with Gasteiger partial charge in [0.05, 0.1) is 6.54 Å². The van der Waals surface area contributed by atoms with Crippen molar-refractivity contribution in [2.45, 2.75) is 40.3 Å². The number of nitrogens with zero attached hydrogens (tertiary/aromatic N) is 1. The average molecular weight is 320 g/mol. The molecule has 23 heavy (non-hydrogen) atoms. The van der Waals surface area contributed by atoms with E-state index in [-0.39, 0.29) is 12.5 Å². The number of carbonyl (C=O) groups is 1. The summed E-state index contributed by atoms with van der Waals surface area (Å²) in [4.78, 5) is 16.0. The molecule has 1 aromatic rings. The van der Waals surface area contributed by atoms with Crippen molar-refractivity contribution in [1.82, 2.24) is 16.0 Å². The van der Waals surface area contributed by atoms with Gasteiger partial charge in [0.1, 0.15) is 5.75 Å². The largest absolute Gasteiger partial charge is 0.484 e. The normalized spacial score (nSPS) is 11.3. The summed E-state index contributed by atoms with van der Waals surface area (Å²) in [5, 5.41) is 9.18. The van der Waals surface area contributed by atoms with Crippen molar-refractivity contribution in [3.05, 3.63) is 29.8 Å².